The van der Waals surface area contributed by atoms with Crippen LogP contribution in [-0.2, 0) is 11.2 Å². The zero-order valence-corrected chi connectivity index (χ0v) is 12.8. The highest BCUT2D eigenvalue weighted by Crippen LogP contribution is 2.34. The van der Waals surface area contributed by atoms with Crippen LogP contribution in [0.3, 0.4) is 0 Å². The Hall–Kier alpha value is -0.240. The first-order valence-electron chi connectivity index (χ1n) is 7.05. The second-order valence-corrected chi connectivity index (χ2v) is 6.14. The lowest BCUT2D eigenvalue weighted by atomic mass is 9.80. The van der Waals surface area contributed by atoms with Crippen LogP contribution < -0.4 is 0 Å². The van der Waals surface area contributed by atoms with E-state index in [0.717, 1.165) is 25.9 Å². The second kappa shape index (κ2) is 7.52. The molecule has 0 N–H and O–H groups in total. The fourth-order valence-corrected chi connectivity index (χ4v) is 3.46. The molecule has 106 valence electrons. The molecule has 0 amide bonds. The molecule has 1 aliphatic rings. The van der Waals surface area contributed by atoms with Crippen molar-refractivity contribution in [3.8, 4) is 0 Å². The topological polar surface area (TPSA) is 9.23 Å². The molecule has 1 atom stereocenters. The van der Waals surface area contributed by atoms with Crippen LogP contribution in [-0.4, -0.2) is 24.5 Å². The number of hydrogen-bond donors (Lipinski definition) is 0. The van der Waals surface area contributed by atoms with Crippen LogP contribution in [0.15, 0.2) is 30.3 Å². The zero-order chi connectivity index (χ0) is 13.6. The summed E-state index contributed by atoms with van der Waals surface area (Å²) >= 11 is 12.5. The SMILES string of the molecule is ClCC(CCl)(CCC1CCCO1)Cc1ccccc1. The Labute approximate surface area is 126 Å². The Morgan fingerprint density at radius 2 is 1.89 bits per heavy atom. The highest BCUT2D eigenvalue weighted by molar-refractivity contribution is 6.21. The molecular formula is C16H22Cl2O. The molecule has 1 saturated heterocycles. The van der Waals surface area contributed by atoms with Gasteiger partial charge in [-0.2, -0.15) is 0 Å². The van der Waals surface area contributed by atoms with Crippen LogP contribution in [0.5, 0.6) is 0 Å². The van der Waals surface area contributed by atoms with E-state index >= 15 is 0 Å². The van der Waals surface area contributed by atoms with Crippen molar-refractivity contribution in [3.05, 3.63) is 35.9 Å². The average Bonchev–Trinajstić information content (AvgIpc) is 2.98. The molecule has 1 aromatic carbocycles. The predicted molar refractivity (Wildman–Crippen MR) is 82.2 cm³/mol. The summed E-state index contributed by atoms with van der Waals surface area (Å²) in [6, 6.07) is 10.5. The summed E-state index contributed by atoms with van der Waals surface area (Å²) in [5.74, 6) is 1.22. The van der Waals surface area contributed by atoms with E-state index in [1.54, 1.807) is 0 Å². The number of halogens is 2. The number of alkyl halides is 2. The van der Waals surface area contributed by atoms with Crippen molar-refractivity contribution >= 4 is 23.2 Å². The molecule has 0 radical (unpaired) electrons. The third-order valence-electron chi connectivity index (χ3n) is 4.01. The maximum Gasteiger partial charge on any atom is 0.0576 e. The summed E-state index contributed by atoms with van der Waals surface area (Å²) in [5.41, 5.74) is 1.31. The average molecular weight is 301 g/mol. The minimum Gasteiger partial charge on any atom is -0.378 e. The number of ether oxygens (including phenoxy) is 1. The molecule has 19 heavy (non-hydrogen) atoms. The van der Waals surface area contributed by atoms with Crippen molar-refractivity contribution in [3.63, 3.8) is 0 Å². The third-order valence-corrected chi connectivity index (χ3v) is 5.14. The van der Waals surface area contributed by atoms with E-state index < -0.39 is 0 Å². The van der Waals surface area contributed by atoms with Gasteiger partial charge in [0.15, 0.2) is 0 Å². The van der Waals surface area contributed by atoms with Crippen molar-refractivity contribution in [2.24, 2.45) is 5.41 Å². The van der Waals surface area contributed by atoms with E-state index in [1.165, 1.54) is 18.4 Å². The molecule has 0 spiro atoms. The molecule has 1 fully saturated rings. The van der Waals surface area contributed by atoms with E-state index in [2.05, 4.69) is 24.3 Å². The molecule has 1 heterocycles. The van der Waals surface area contributed by atoms with Gasteiger partial charge in [-0.15, -0.1) is 23.2 Å². The van der Waals surface area contributed by atoms with E-state index in [9.17, 15) is 0 Å². The van der Waals surface area contributed by atoms with Crippen LogP contribution >= 0.6 is 23.2 Å². The first kappa shape index (κ1) is 15.2. The van der Waals surface area contributed by atoms with E-state index in [1.807, 2.05) is 6.07 Å². The summed E-state index contributed by atoms with van der Waals surface area (Å²) in [5, 5.41) is 0. The van der Waals surface area contributed by atoms with Gasteiger partial charge in [0.05, 0.1) is 6.10 Å². The standard InChI is InChI=1S/C16H22Cl2O/c17-12-16(13-18,9-8-15-7-4-10-19-15)11-14-5-2-1-3-6-14/h1-3,5-6,15H,4,7-13H2. The minimum absolute atomic E-state index is 0.00356. The van der Waals surface area contributed by atoms with Gasteiger partial charge in [-0.3, -0.25) is 0 Å². The first-order chi connectivity index (χ1) is 9.28. The number of benzene rings is 1. The highest BCUT2D eigenvalue weighted by Gasteiger charge is 2.30. The van der Waals surface area contributed by atoms with Gasteiger partial charge in [0.25, 0.3) is 0 Å². The molecular weight excluding hydrogens is 279 g/mol. The van der Waals surface area contributed by atoms with Crippen molar-refractivity contribution in [2.45, 2.75) is 38.2 Å². The summed E-state index contributed by atoms with van der Waals surface area (Å²) < 4.78 is 5.70. The van der Waals surface area contributed by atoms with Gasteiger partial charge >= 0.3 is 0 Å². The van der Waals surface area contributed by atoms with Gasteiger partial charge < -0.3 is 4.74 Å². The van der Waals surface area contributed by atoms with Gasteiger partial charge in [-0.05, 0) is 37.7 Å². The van der Waals surface area contributed by atoms with Gasteiger partial charge in [0.1, 0.15) is 0 Å². The van der Waals surface area contributed by atoms with Gasteiger partial charge in [-0.1, -0.05) is 30.3 Å². The molecule has 1 aromatic rings. The Bertz CT molecular complexity index is 356. The summed E-state index contributed by atoms with van der Waals surface area (Å²) in [6.45, 7) is 0.915. The van der Waals surface area contributed by atoms with Gasteiger partial charge in [0.2, 0.25) is 0 Å². The molecule has 1 nitrogen and oxygen atoms in total. The first-order valence-corrected chi connectivity index (χ1v) is 8.12. The lowest BCUT2D eigenvalue weighted by Crippen LogP contribution is -2.29. The Balaban J connectivity index is 1.95. The smallest absolute Gasteiger partial charge is 0.0576 e. The Morgan fingerprint density at radius 1 is 1.16 bits per heavy atom. The quantitative estimate of drug-likeness (QED) is 0.666. The molecule has 3 heteroatoms. The van der Waals surface area contributed by atoms with E-state index in [-0.39, 0.29) is 5.41 Å². The summed E-state index contributed by atoms with van der Waals surface area (Å²) in [4.78, 5) is 0. The normalized spacial score (nSPS) is 19.8. The van der Waals surface area contributed by atoms with Crippen molar-refractivity contribution in [1.29, 1.82) is 0 Å². The van der Waals surface area contributed by atoms with E-state index in [0.29, 0.717) is 17.9 Å². The molecule has 2 rings (SSSR count). The summed E-state index contributed by atoms with van der Waals surface area (Å²) in [7, 11) is 0. The monoisotopic (exact) mass is 300 g/mol. The predicted octanol–water partition coefficient (Wildman–Crippen LogP) is 4.65. The minimum atomic E-state index is -0.00356. The van der Waals surface area contributed by atoms with Crippen molar-refractivity contribution in [2.75, 3.05) is 18.4 Å². The molecule has 1 unspecified atom stereocenters. The highest BCUT2D eigenvalue weighted by atomic mass is 35.5. The lowest BCUT2D eigenvalue weighted by Gasteiger charge is -2.30. The largest absolute Gasteiger partial charge is 0.378 e. The number of hydrogen-bond acceptors (Lipinski definition) is 1. The molecule has 0 aliphatic carbocycles. The van der Waals surface area contributed by atoms with Gasteiger partial charge in [0, 0.05) is 23.8 Å². The van der Waals surface area contributed by atoms with E-state index in [4.69, 9.17) is 27.9 Å². The molecule has 0 saturated carbocycles. The fourth-order valence-electron chi connectivity index (χ4n) is 2.72. The third kappa shape index (κ3) is 4.37. The molecule has 0 aromatic heterocycles. The van der Waals surface area contributed by atoms with Crippen LogP contribution in [0.1, 0.15) is 31.2 Å². The Morgan fingerprint density at radius 3 is 2.47 bits per heavy atom. The maximum atomic E-state index is 6.23. The van der Waals surface area contributed by atoms with Crippen LogP contribution in [0, 0.1) is 5.41 Å². The molecule has 1 aliphatic heterocycles. The fraction of sp³-hybridized carbons (Fsp3) is 0.625. The Kier molecular flexibility index (Phi) is 6.00. The van der Waals surface area contributed by atoms with Crippen LogP contribution in [0.2, 0.25) is 0 Å². The van der Waals surface area contributed by atoms with Crippen LogP contribution in [0.4, 0.5) is 0 Å². The second-order valence-electron chi connectivity index (χ2n) is 5.60. The van der Waals surface area contributed by atoms with Crippen molar-refractivity contribution < 1.29 is 4.74 Å². The molecule has 0 bridgehead atoms. The van der Waals surface area contributed by atoms with Crippen LogP contribution in [0.25, 0.3) is 0 Å². The van der Waals surface area contributed by atoms with Crippen molar-refractivity contribution in [1.82, 2.24) is 0 Å². The maximum absolute atomic E-state index is 6.23. The lowest BCUT2D eigenvalue weighted by molar-refractivity contribution is 0.0923. The number of rotatable bonds is 7. The van der Waals surface area contributed by atoms with Gasteiger partial charge in [-0.25, -0.2) is 0 Å². The zero-order valence-electron chi connectivity index (χ0n) is 11.3. The summed E-state index contributed by atoms with van der Waals surface area (Å²) in [6.07, 6.45) is 5.87.